The number of nitrogens with zero attached hydrogens (tertiary/aromatic N) is 3. The molecule has 1 amide bonds. The first-order chi connectivity index (χ1) is 13.1. The zero-order valence-electron chi connectivity index (χ0n) is 16.6. The summed E-state index contributed by atoms with van der Waals surface area (Å²) in [5.41, 5.74) is 2.50. The van der Waals surface area contributed by atoms with Crippen LogP contribution in [0.25, 0.3) is 0 Å². The van der Waals surface area contributed by atoms with Gasteiger partial charge in [0.25, 0.3) is 5.91 Å². The van der Waals surface area contributed by atoms with Crippen LogP contribution in [0.4, 0.5) is 0 Å². The Morgan fingerprint density at radius 3 is 2.64 bits per heavy atom. The molecule has 2 aromatic rings. The molecule has 1 fully saturated rings. The lowest BCUT2D eigenvalue weighted by atomic mass is 10.1. The van der Waals surface area contributed by atoms with Crippen LogP contribution in [-0.2, 0) is 0 Å². The Morgan fingerprint density at radius 1 is 1.21 bits per heavy atom. The highest BCUT2D eigenvalue weighted by molar-refractivity contribution is 5.93. The van der Waals surface area contributed by atoms with Gasteiger partial charge >= 0.3 is 0 Å². The predicted octanol–water partition coefficient (Wildman–Crippen LogP) is 2.83. The van der Waals surface area contributed by atoms with Crippen molar-refractivity contribution in [3.63, 3.8) is 0 Å². The van der Waals surface area contributed by atoms with E-state index in [0.717, 1.165) is 50.2 Å². The number of rotatable bonds is 8. The third-order valence-corrected chi connectivity index (χ3v) is 4.94. The van der Waals surface area contributed by atoms with Crippen molar-refractivity contribution in [1.29, 1.82) is 0 Å². The van der Waals surface area contributed by atoms with Crippen LogP contribution in [0.2, 0.25) is 0 Å². The molecule has 0 bridgehead atoms. The fraction of sp³-hybridized carbons (Fsp3) is 0.550. The van der Waals surface area contributed by atoms with Gasteiger partial charge in [0.2, 0.25) is 0 Å². The first kappa shape index (κ1) is 22.2. The molecule has 0 radical (unpaired) electrons. The molecule has 1 aromatic carbocycles. The van der Waals surface area contributed by atoms with E-state index in [0.29, 0.717) is 24.9 Å². The monoisotopic (exact) mass is 407 g/mol. The van der Waals surface area contributed by atoms with Crippen LogP contribution in [0.3, 0.4) is 0 Å². The van der Waals surface area contributed by atoms with E-state index in [1.165, 1.54) is 5.56 Å². The first-order valence-electron chi connectivity index (χ1n) is 9.75. The van der Waals surface area contributed by atoms with Crippen LogP contribution < -0.4 is 15.4 Å². The van der Waals surface area contributed by atoms with Gasteiger partial charge < -0.3 is 15.4 Å². The highest BCUT2D eigenvalue weighted by Gasteiger charge is 2.22. The van der Waals surface area contributed by atoms with Crippen molar-refractivity contribution in [2.45, 2.75) is 45.6 Å². The second-order valence-corrected chi connectivity index (χ2v) is 7.07. The molecule has 28 heavy (non-hydrogen) atoms. The number of carbonyl (C=O) groups excluding carboxylic acids is 1. The van der Waals surface area contributed by atoms with E-state index in [2.05, 4.69) is 27.9 Å². The number of halogens is 1. The summed E-state index contributed by atoms with van der Waals surface area (Å²) in [6.45, 7) is 7.19. The van der Waals surface area contributed by atoms with E-state index in [-0.39, 0.29) is 18.3 Å². The second kappa shape index (κ2) is 11.0. The Balaban J connectivity index is 0.00000280. The molecule has 0 atom stereocenters. The average Bonchev–Trinajstić information content (AvgIpc) is 3.08. The van der Waals surface area contributed by atoms with E-state index in [1.54, 1.807) is 0 Å². The number of aromatic nitrogens is 3. The smallest absolute Gasteiger partial charge is 0.273 e. The number of nitrogens with one attached hydrogen (secondary N) is 2. The minimum atomic E-state index is -0.146. The van der Waals surface area contributed by atoms with Crippen LogP contribution in [0.1, 0.15) is 53.5 Å². The summed E-state index contributed by atoms with van der Waals surface area (Å²) in [5, 5.41) is 14.6. The van der Waals surface area contributed by atoms with Crippen molar-refractivity contribution in [3.8, 4) is 5.75 Å². The second-order valence-electron chi connectivity index (χ2n) is 7.07. The number of carbonyl (C=O) groups is 1. The largest absolute Gasteiger partial charge is 0.494 e. The fourth-order valence-electron chi connectivity index (χ4n) is 3.29. The zero-order valence-corrected chi connectivity index (χ0v) is 17.4. The van der Waals surface area contributed by atoms with Gasteiger partial charge in [-0.1, -0.05) is 22.9 Å². The molecular formula is C20H30ClN5O2. The summed E-state index contributed by atoms with van der Waals surface area (Å²) in [5.74, 6) is 0.738. The molecule has 1 aliphatic heterocycles. The summed E-state index contributed by atoms with van der Waals surface area (Å²) in [7, 11) is 0. The molecular weight excluding hydrogens is 378 g/mol. The summed E-state index contributed by atoms with van der Waals surface area (Å²) in [4.78, 5) is 12.4. The van der Waals surface area contributed by atoms with Gasteiger partial charge in [0.1, 0.15) is 5.75 Å². The minimum Gasteiger partial charge on any atom is -0.494 e. The molecule has 1 aromatic heterocycles. The number of benzene rings is 1. The highest BCUT2D eigenvalue weighted by Crippen LogP contribution is 2.20. The molecule has 3 rings (SSSR count). The molecule has 0 spiro atoms. The molecule has 8 heteroatoms. The lowest BCUT2D eigenvalue weighted by molar-refractivity contribution is 0.0946. The number of ether oxygens (including phenoxy) is 1. The average molecular weight is 408 g/mol. The number of amides is 1. The Morgan fingerprint density at radius 2 is 1.93 bits per heavy atom. The van der Waals surface area contributed by atoms with Crippen LogP contribution in [-0.4, -0.2) is 47.1 Å². The molecule has 0 unspecified atom stereocenters. The van der Waals surface area contributed by atoms with Crippen molar-refractivity contribution in [1.82, 2.24) is 25.6 Å². The summed E-state index contributed by atoms with van der Waals surface area (Å²) in [6, 6.07) is 8.36. The van der Waals surface area contributed by atoms with Gasteiger partial charge in [-0.3, -0.25) is 4.79 Å². The van der Waals surface area contributed by atoms with Crippen molar-refractivity contribution in [3.05, 3.63) is 41.2 Å². The van der Waals surface area contributed by atoms with E-state index < -0.39 is 0 Å². The van der Waals surface area contributed by atoms with Gasteiger partial charge in [-0.2, -0.15) is 0 Å². The van der Waals surface area contributed by atoms with Crippen LogP contribution in [0.5, 0.6) is 5.75 Å². The van der Waals surface area contributed by atoms with Gasteiger partial charge in [-0.25, -0.2) is 4.68 Å². The molecule has 154 valence electrons. The topological polar surface area (TPSA) is 81.1 Å². The molecule has 0 saturated carbocycles. The summed E-state index contributed by atoms with van der Waals surface area (Å²) < 4.78 is 7.61. The Kier molecular flexibility index (Phi) is 8.73. The highest BCUT2D eigenvalue weighted by atomic mass is 35.5. The third kappa shape index (κ3) is 5.94. The quantitative estimate of drug-likeness (QED) is 0.657. The van der Waals surface area contributed by atoms with Crippen LogP contribution in [0, 0.1) is 13.8 Å². The third-order valence-electron chi connectivity index (χ3n) is 4.94. The zero-order chi connectivity index (χ0) is 19.1. The van der Waals surface area contributed by atoms with E-state index in [4.69, 9.17) is 4.74 Å². The number of piperidine rings is 1. The van der Waals surface area contributed by atoms with Gasteiger partial charge in [-0.15, -0.1) is 17.5 Å². The molecule has 7 nitrogen and oxygen atoms in total. The standard InChI is InChI=1S/C20H29N5O2.ClH/c1-15-5-7-18(8-6-15)27-14-4-3-11-22-20(26)19-16(2)25(24-23-19)17-9-12-21-13-10-17;/h5-8,17,21H,3-4,9-14H2,1-2H3,(H,22,26);1H. The van der Waals surface area contributed by atoms with Crippen molar-refractivity contribution in [2.24, 2.45) is 0 Å². The Labute approximate surface area is 172 Å². The number of unbranched alkanes of at least 4 members (excludes halogenated alkanes) is 1. The van der Waals surface area contributed by atoms with E-state index in [1.807, 2.05) is 35.9 Å². The molecule has 2 N–H and O–H groups in total. The number of hydrogen-bond donors (Lipinski definition) is 2. The minimum absolute atomic E-state index is 0. The normalized spacial score (nSPS) is 14.4. The van der Waals surface area contributed by atoms with Gasteiger partial charge in [-0.05, 0) is 64.8 Å². The Hall–Kier alpha value is -2.12. The Bertz CT molecular complexity index is 742. The number of aryl methyl sites for hydroxylation is 1. The summed E-state index contributed by atoms with van der Waals surface area (Å²) >= 11 is 0. The van der Waals surface area contributed by atoms with E-state index >= 15 is 0 Å². The predicted molar refractivity (Wildman–Crippen MR) is 111 cm³/mol. The first-order valence-corrected chi connectivity index (χ1v) is 9.75. The summed E-state index contributed by atoms with van der Waals surface area (Å²) in [6.07, 6.45) is 3.78. The SMILES string of the molecule is Cc1ccc(OCCCCNC(=O)c2nnn(C3CCNCC3)c2C)cc1.Cl. The molecule has 2 heterocycles. The molecule has 1 aliphatic rings. The lowest BCUT2D eigenvalue weighted by Crippen LogP contribution is -2.30. The van der Waals surface area contributed by atoms with Crippen LogP contribution >= 0.6 is 12.4 Å². The maximum Gasteiger partial charge on any atom is 0.273 e. The lowest BCUT2D eigenvalue weighted by Gasteiger charge is -2.23. The fourth-order valence-corrected chi connectivity index (χ4v) is 3.29. The van der Waals surface area contributed by atoms with Gasteiger partial charge in [0, 0.05) is 6.54 Å². The maximum absolute atomic E-state index is 12.4. The number of hydrogen-bond acceptors (Lipinski definition) is 5. The van der Waals surface area contributed by atoms with Crippen LogP contribution in [0.15, 0.2) is 24.3 Å². The van der Waals surface area contributed by atoms with E-state index in [9.17, 15) is 4.79 Å². The van der Waals surface area contributed by atoms with Crippen molar-refractivity contribution >= 4 is 18.3 Å². The molecule has 0 aliphatic carbocycles. The van der Waals surface area contributed by atoms with Crippen molar-refractivity contribution in [2.75, 3.05) is 26.2 Å². The maximum atomic E-state index is 12.4. The molecule has 1 saturated heterocycles. The van der Waals surface area contributed by atoms with Gasteiger partial charge in [0.05, 0.1) is 18.3 Å². The van der Waals surface area contributed by atoms with Gasteiger partial charge in [0.15, 0.2) is 5.69 Å². The van der Waals surface area contributed by atoms with Crippen molar-refractivity contribution < 1.29 is 9.53 Å².